The number of anilines is 1. The number of amides is 2. The van der Waals surface area contributed by atoms with Gasteiger partial charge in [0.1, 0.15) is 6.33 Å². The molecule has 0 unspecified atom stereocenters. The third-order valence-electron chi connectivity index (χ3n) is 3.50. The zero-order valence-electron chi connectivity index (χ0n) is 11.1. The molecule has 1 heterocycles. The standard InChI is InChI=1S/C13H18N4O3/c18-11(19)6-13(4-2-1-3-5-13)17-12(20)16-10-7-14-9-15-8-10/h7-9H,1-6H2,(H,18,19)(H2,16,17,20). The van der Waals surface area contributed by atoms with Crippen molar-refractivity contribution >= 4 is 17.7 Å². The number of aliphatic carboxylic acids is 1. The van der Waals surface area contributed by atoms with Crippen LogP contribution < -0.4 is 10.6 Å². The first kappa shape index (κ1) is 14.2. The maximum atomic E-state index is 12.0. The fourth-order valence-electron chi connectivity index (χ4n) is 2.63. The molecule has 1 aromatic heterocycles. The number of urea groups is 1. The summed E-state index contributed by atoms with van der Waals surface area (Å²) in [5, 5.41) is 14.5. The molecular formula is C13H18N4O3. The Balaban J connectivity index is 2.00. The van der Waals surface area contributed by atoms with Crippen LogP contribution in [0.15, 0.2) is 18.7 Å². The Morgan fingerprint density at radius 3 is 2.45 bits per heavy atom. The number of rotatable bonds is 4. The molecule has 2 amide bonds. The number of carbonyl (C=O) groups excluding carboxylic acids is 1. The predicted octanol–water partition coefficient (Wildman–Crippen LogP) is 1.78. The maximum Gasteiger partial charge on any atom is 0.319 e. The Hall–Kier alpha value is -2.18. The molecule has 1 fully saturated rings. The van der Waals surface area contributed by atoms with Gasteiger partial charge in [0, 0.05) is 0 Å². The smallest absolute Gasteiger partial charge is 0.319 e. The maximum absolute atomic E-state index is 12.0. The first-order valence-corrected chi connectivity index (χ1v) is 6.66. The van der Waals surface area contributed by atoms with Gasteiger partial charge in [-0.2, -0.15) is 0 Å². The summed E-state index contributed by atoms with van der Waals surface area (Å²) in [7, 11) is 0. The lowest BCUT2D eigenvalue weighted by atomic mass is 9.79. The van der Waals surface area contributed by atoms with Crippen molar-refractivity contribution in [1.29, 1.82) is 0 Å². The van der Waals surface area contributed by atoms with Crippen LogP contribution in [0, 0.1) is 0 Å². The zero-order valence-corrected chi connectivity index (χ0v) is 11.1. The van der Waals surface area contributed by atoms with Crippen LogP contribution >= 0.6 is 0 Å². The van der Waals surface area contributed by atoms with Crippen molar-refractivity contribution in [1.82, 2.24) is 15.3 Å². The summed E-state index contributed by atoms with van der Waals surface area (Å²) in [5.41, 5.74) is -0.171. The van der Waals surface area contributed by atoms with E-state index in [9.17, 15) is 9.59 Å². The Morgan fingerprint density at radius 2 is 1.85 bits per heavy atom. The lowest BCUT2D eigenvalue weighted by molar-refractivity contribution is -0.138. The van der Waals surface area contributed by atoms with E-state index in [0.29, 0.717) is 18.5 Å². The molecule has 2 rings (SSSR count). The molecule has 0 atom stereocenters. The van der Waals surface area contributed by atoms with Crippen LogP contribution in [0.25, 0.3) is 0 Å². The van der Waals surface area contributed by atoms with Crippen LogP contribution in [0.3, 0.4) is 0 Å². The van der Waals surface area contributed by atoms with Gasteiger partial charge in [-0.05, 0) is 12.8 Å². The number of carbonyl (C=O) groups is 2. The third-order valence-corrected chi connectivity index (χ3v) is 3.50. The van der Waals surface area contributed by atoms with Gasteiger partial charge in [0.15, 0.2) is 0 Å². The molecule has 7 nitrogen and oxygen atoms in total. The van der Waals surface area contributed by atoms with Gasteiger partial charge in [0.25, 0.3) is 0 Å². The van der Waals surface area contributed by atoms with Crippen molar-refractivity contribution in [2.45, 2.75) is 44.1 Å². The molecule has 7 heteroatoms. The lowest BCUT2D eigenvalue weighted by Crippen LogP contribution is -2.52. The SMILES string of the molecule is O=C(O)CC1(NC(=O)Nc2cncnc2)CCCCC1. The molecule has 0 spiro atoms. The van der Waals surface area contributed by atoms with Gasteiger partial charge in [-0.1, -0.05) is 19.3 Å². The number of hydrogen-bond donors (Lipinski definition) is 3. The number of nitrogens with one attached hydrogen (secondary N) is 2. The van der Waals surface area contributed by atoms with Crippen LogP contribution in [0.4, 0.5) is 10.5 Å². The van der Waals surface area contributed by atoms with Gasteiger partial charge < -0.3 is 15.7 Å². The fourth-order valence-corrected chi connectivity index (χ4v) is 2.63. The summed E-state index contributed by atoms with van der Waals surface area (Å²) < 4.78 is 0. The van der Waals surface area contributed by atoms with E-state index in [2.05, 4.69) is 20.6 Å². The second kappa shape index (κ2) is 6.31. The summed E-state index contributed by atoms with van der Waals surface area (Å²) >= 11 is 0. The van der Waals surface area contributed by atoms with Gasteiger partial charge in [0.05, 0.1) is 30.0 Å². The minimum absolute atomic E-state index is 0.0499. The number of hydrogen-bond acceptors (Lipinski definition) is 4. The second-order valence-corrected chi connectivity index (χ2v) is 5.12. The molecular weight excluding hydrogens is 260 g/mol. The van der Waals surface area contributed by atoms with Gasteiger partial charge >= 0.3 is 12.0 Å². The fraction of sp³-hybridized carbons (Fsp3) is 0.538. The van der Waals surface area contributed by atoms with Crippen LogP contribution in [0.2, 0.25) is 0 Å². The van der Waals surface area contributed by atoms with Gasteiger partial charge in [-0.3, -0.25) is 4.79 Å². The predicted molar refractivity (Wildman–Crippen MR) is 72.3 cm³/mol. The Morgan fingerprint density at radius 1 is 1.20 bits per heavy atom. The molecule has 0 radical (unpaired) electrons. The lowest BCUT2D eigenvalue weighted by Gasteiger charge is -2.36. The van der Waals surface area contributed by atoms with E-state index in [0.717, 1.165) is 19.3 Å². The Kier molecular flexibility index (Phi) is 4.49. The number of carboxylic acid groups (broad SMARTS) is 1. The molecule has 3 N–H and O–H groups in total. The summed E-state index contributed by atoms with van der Waals surface area (Å²) in [4.78, 5) is 30.6. The largest absolute Gasteiger partial charge is 0.481 e. The molecule has 1 aromatic rings. The summed E-state index contributed by atoms with van der Waals surface area (Å²) in [5.74, 6) is -0.893. The second-order valence-electron chi connectivity index (χ2n) is 5.12. The van der Waals surface area contributed by atoms with Crippen LogP contribution in [0.1, 0.15) is 38.5 Å². The molecule has 0 aliphatic heterocycles. The molecule has 108 valence electrons. The minimum atomic E-state index is -0.893. The summed E-state index contributed by atoms with van der Waals surface area (Å²) in [6.07, 6.45) is 8.62. The van der Waals surface area contributed by atoms with E-state index in [1.807, 2.05) is 0 Å². The Bertz CT molecular complexity index is 472. The number of carboxylic acids is 1. The molecule has 1 saturated carbocycles. The van der Waals surface area contributed by atoms with E-state index < -0.39 is 17.5 Å². The molecule has 0 aromatic carbocycles. The average molecular weight is 278 g/mol. The van der Waals surface area contributed by atoms with Crippen molar-refractivity contribution in [2.24, 2.45) is 0 Å². The summed E-state index contributed by atoms with van der Waals surface area (Å²) in [6, 6.07) is -0.414. The van der Waals surface area contributed by atoms with Crippen LogP contribution in [0.5, 0.6) is 0 Å². The average Bonchev–Trinajstić information content (AvgIpc) is 2.39. The number of aromatic nitrogens is 2. The molecule has 1 aliphatic rings. The van der Waals surface area contributed by atoms with Gasteiger partial charge in [-0.15, -0.1) is 0 Å². The quantitative estimate of drug-likeness (QED) is 0.778. The molecule has 1 aliphatic carbocycles. The molecule has 20 heavy (non-hydrogen) atoms. The van der Waals surface area contributed by atoms with Gasteiger partial charge in [0.2, 0.25) is 0 Å². The van der Waals surface area contributed by atoms with Crippen LogP contribution in [-0.2, 0) is 4.79 Å². The highest BCUT2D eigenvalue weighted by Gasteiger charge is 2.35. The first-order valence-electron chi connectivity index (χ1n) is 6.66. The highest BCUT2D eigenvalue weighted by Crippen LogP contribution is 2.31. The highest BCUT2D eigenvalue weighted by atomic mass is 16.4. The van der Waals surface area contributed by atoms with Crippen molar-refractivity contribution < 1.29 is 14.7 Å². The van der Waals surface area contributed by atoms with Crippen LogP contribution in [-0.4, -0.2) is 32.6 Å². The van der Waals surface area contributed by atoms with E-state index in [-0.39, 0.29) is 6.42 Å². The molecule has 0 bridgehead atoms. The zero-order chi connectivity index (χ0) is 14.4. The van der Waals surface area contributed by atoms with Crippen molar-refractivity contribution in [3.63, 3.8) is 0 Å². The summed E-state index contributed by atoms with van der Waals surface area (Å²) in [6.45, 7) is 0. The highest BCUT2D eigenvalue weighted by molar-refractivity contribution is 5.89. The minimum Gasteiger partial charge on any atom is -0.481 e. The monoisotopic (exact) mass is 278 g/mol. The van der Waals surface area contributed by atoms with Crippen molar-refractivity contribution in [2.75, 3.05) is 5.32 Å². The first-order chi connectivity index (χ1) is 9.60. The number of nitrogens with zero attached hydrogens (tertiary/aromatic N) is 2. The van der Waals surface area contributed by atoms with Gasteiger partial charge in [-0.25, -0.2) is 14.8 Å². The van der Waals surface area contributed by atoms with Crippen molar-refractivity contribution in [3.8, 4) is 0 Å². The van der Waals surface area contributed by atoms with Crippen molar-refractivity contribution in [3.05, 3.63) is 18.7 Å². The topological polar surface area (TPSA) is 104 Å². The normalized spacial score (nSPS) is 17.2. The van der Waals surface area contributed by atoms with E-state index in [1.165, 1.54) is 18.7 Å². The van der Waals surface area contributed by atoms with E-state index in [4.69, 9.17) is 5.11 Å². The third kappa shape index (κ3) is 3.91. The van der Waals surface area contributed by atoms with E-state index >= 15 is 0 Å². The Labute approximate surface area is 116 Å². The molecule has 0 saturated heterocycles. The van der Waals surface area contributed by atoms with E-state index in [1.54, 1.807) is 0 Å².